The maximum absolute atomic E-state index is 9.26. The van der Waals surface area contributed by atoms with E-state index in [4.69, 9.17) is 0 Å². The van der Waals surface area contributed by atoms with Crippen molar-refractivity contribution in [3.63, 3.8) is 0 Å². The number of hydrogen-bond donors (Lipinski definition) is 2. The number of carboxylic acid groups (broad SMARTS) is 2. The Kier molecular flexibility index (Phi) is 21.0. The molecule has 0 rings (SSSR count). The van der Waals surface area contributed by atoms with Crippen LogP contribution >= 0.6 is 0 Å². The van der Waals surface area contributed by atoms with E-state index in [0.29, 0.717) is 0 Å². The zero-order valence-electron chi connectivity index (χ0n) is 6.73. The third-order valence-corrected chi connectivity index (χ3v) is 0.500. The molecular formula is C4H8CaN2O6. The normalized spacial score (nSPS) is 7.54. The van der Waals surface area contributed by atoms with Crippen LogP contribution in [0.2, 0.25) is 0 Å². The van der Waals surface area contributed by atoms with Gasteiger partial charge >= 0.3 is 37.7 Å². The van der Waals surface area contributed by atoms with Gasteiger partial charge in [-0.05, 0) is 0 Å². The van der Waals surface area contributed by atoms with Gasteiger partial charge in [0.25, 0.3) is 0 Å². The minimum Gasteiger partial charge on any atom is -0.635 e. The fraction of sp³-hybridized carbons (Fsp3) is 0.500. The molecule has 0 aromatic heterocycles. The standard InChI is InChI=1S/2C2H5NO3.Ca/c2*4-2(5)1-3-6;/h2*1,3H2,(H,4,5);/q;;+2/p-2. The van der Waals surface area contributed by atoms with Crippen LogP contribution in [0.25, 0.3) is 0 Å². The van der Waals surface area contributed by atoms with Crippen LogP contribution in [0.15, 0.2) is 0 Å². The maximum Gasteiger partial charge on any atom is 2.00 e. The van der Waals surface area contributed by atoms with E-state index in [2.05, 4.69) is 0 Å². The molecule has 0 aromatic rings. The summed E-state index contributed by atoms with van der Waals surface area (Å²) in [6, 6.07) is 0. The fourth-order valence-corrected chi connectivity index (χ4v) is 0.136. The van der Waals surface area contributed by atoms with E-state index in [-0.39, 0.29) is 48.7 Å². The minimum absolute atomic E-state index is 0. The molecule has 0 aliphatic heterocycles. The number of carbonyl (C=O) groups excluding carboxylic acids is 2. The summed E-state index contributed by atoms with van der Waals surface area (Å²) >= 11 is 0. The molecule has 0 bridgehead atoms. The first-order valence-corrected chi connectivity index (χ1v) is 2.81. The molecule has 0 heterocycles. The molecule has 0 unspecified atom stereocenters. The summed E-state index contributed by atoms with van der Waals surface area (Å²) in [5.74, 6) is -2.66. The average molecular weight is 220 g/mol. The van der Waals surface area contributed by atoms with Crippen LogP contribution in [0.3, 0.4) is 0 Å². The van der Waals surface area contributed by atoms with E-state index >= 15 is 0 Å². The van der Waals surface area contributed by atoms with Gasteiger partial charge < -0.3 is 41.2 Å². The summed E-state index contributed by atoms with van der Waals surface area (Å²) in [6.45, 7) is -1.00. The summed E-state index contributed by atoms with van der Waals surface area (Å²) in [4.78, 5) is 18.5. The van der Waals surface area contributed by atoms with Crippen LogP contribution in [0.1, 0.15) is 0 Å². The summed E-state index contributed by atoms with van der Waals surface area (Å²) in [5, 5.41) is 36.9. The second kappa shape index (κ2) is 14.6. The van der Waals surface area contributed by atoms with Gasteiger partial charge in [-0.2, -0.15) is 0 Å². The molecule has 72 valence electrons. The zero-order chi connectivity index (χ0) is 9.98. The van der Waals surface area contributed by atoms with Crippen LogP contribution in [-0.4, -0.2) is 62.8 Å². The molecule has 0 aromatic carbocycles. The molecule has 0 saturated heterocycles. The predicted molar refractivity (Wildman–Crippen MR) is 36.1 cm³/mol. The number of aliphatic carboxylic acids is 2. The molecule has 4 N–H and O–H groups in total. The van der Waals surface area contributed by atoms with Gasteiger partial charge in [-0.1, -0.05) is 0 Å². The van der Waals surface area contributed by atoms with Crippen molar-refractivity contribution in [1.82, 2.24) is 0 Å². The summed E-state index contributed by atoms with van der Waals surface area (Å²) in [7, 11) is 0. The van der Waals surface area contributed by atoms with Gasteiger partial charge in [0, 0.05) is 0 Å². The molecule has 8 nitrogen and oxygen atoms in total. The van der Waals surface area contributed by atoms with Crippen molar-refractivity contribution < 1.29 is 30.8 Å². The number of rotatable bonds is 4. The van der Waals surface area contributed by atoms with Crippen molar-refractivity contribution in [2.24, 2.45) is 0 Å². The number of hydroxylamine groups is 2. The molecule has 0 aliphatic carbocycles. The smallest absolute Gasteiger partial charge is 0.635 e. The van der Waals surface area contributed by atoms with Crippen LogP contribution < -0.4 is 21.2 Å². The number of carboxylic acids is 2. The SMILES string of the molecule is O=C([O-])C[NH2+][O-].O=C([O-])C[NH2+][O-].[Ca+2]. The maximum atomic E-state index is 9.26. The number of quaternary nitrogens is 2. The molecule has 0 atom stereocenters. The third kappa shape index (κ3) is 33.3. The van der Waals surface area contributed by atoms with Gasteiger partial charge in [0.1, 0.15) is 13.1 Å². The second-order valence-electron chi connectivity index (χ2n) is 1.49. The Morgan fingerprint density at radius 3 is 1.15 bits per heavy atom. The van der Waals surface area contributed by atoms with Crippen molar-refractivity contribution >= 4 is 49.7 Å². The summed E-state index contributed by atoms with van der Waals surface area (Å²) in [6.07, 6.45) is 0. The van der Waals surface area contributed by atoms with E-state index in [9.17, 15) is 30.2 Å². The van der Waals surface area contributed by atoms with Gasteiger partial charge in [0.2, 0.25) is 0 Å². The zero-order valence-corrected chi connectivity index (χ0v) is 8.93. The first-order chi connectivity index (χ1) is 5.54. The van der Waals surface area contributed by atoms with Crippen LogP contribution in [-0.2, 0) is 9.59 Å². The molecule has 9 heteroatoms. The Morgan fingerprint density at radius 2 is 1.15 bits per heavy atom. The molecule has 0 spiro atoms. The minimum atomic E-state index is -1.33. The van der Waals surface area contributed by atoms with Crippen molar-refractivity contribution in [3.8, 4) is 0 Å². The summed E-state index contributed by atoms with van der Waals surface area (Å²) < 4.78 is 0. The first-order valence-electron chi connectivity index (χ1n) is 2.81. The quantitative estimate of drug-likeness (QED) is 0.353. The Hall–Kier alpha value is 0.0397. The van der Waals surface area contributed by atoms with Crippen molar-refractivity contribution in [1.29, 1.82) is 0 Å². The third-order valence-electron chi connectivity index (χ3n) is 0.500. The van der Waals surface area contributed by atoms with Crippen LogP contribution in [0, 0.1) is 10.4 Å². The number of hydrogen-bond acceptors (Lipinski definition) is 6. The average Bonchev–Trinajstić information content (AvgIpc) is 1.87. The van der Waals surface area contributed by atoms with E-state index in [0.717, 1.165) is 0 Å². The number of carbonyl (C=O) groups is 2. The van der Waals surface area contributed by atoms with Gasteiger partial charge in [-0.25, -0.2) is 0 Å². The van der Waals surface area contributed by atoms with Gasteiger partial charge in [-0.15, -0.1) is 0 Å². The molecule has 0 amide bonds. The predicted octanol–water partition coefficient (Wildman–Crippen LogP) is -6.79. The number of nitrogens with two attached hydrogens (primary N) is 2. The second-order valence-corrected chi connectivity index (χ2v) is 1.49. The monoisotopic (exact) mass is 220 g/mol. The Bertz CT molecular complexity index is 127. The first kappa shape index (κ1) is 18.8. The van der Waals surface area contributed by atoms with Crippen molar-refractivity contribution in [2.45, 2.75) is 0 Å². The van der Waals surface area contributed by atoms with E-state index < -0.39 is 25.0 Å². The molecule has 0 aliphatic rings. The molecule has 0 radical (unpaired) electrons. The van der Waals surface area contributed by atoms with Crippen LogP contribution in [0.4, 0.5) is 0 Å². The van der Waals surface area contributed by atoms with E-state index in [1.165, 1.54) is 0 Å². The van der Waals surface area contributed by atoms with E-state index in [1.807, 2.05) is 0 Å². The van der Waals surface area contributed by atoms with E-state index in [1.54, 1.807) is 0 Å². The topological polar surface area (TPSA) is 160 Å². The molecule has 0 saturated carbocycles. The Labute approximate surface area is 103 Å². The Morgan fingerprint density at radius 1 is 0.923 bits per heavy atom. The van der Waals surface area contributed by atoms with Crippen molar-refractivity contribution in [3.05, 3.63) is 10.4 Å². The van der Waals surface area contributed by atoms with Gasteiger partial charge in [0.05, 0.1) is 11.9 Å². The molecule has 13 heavy (non-hydrogen) atoms. The van der Waals surface area contributed by atoms with Gasteiger partial charge in [0.15, 0.2) is 0 Å². The Balaban J connectivity index is -0.000000143. The van der Waals surface area contributed by atoms with Crippen LogP contribution in [0.5, 0.6) is 0 Å². The van der Waals surface area contributed by atoms with Crippen molar-refractivity contribution in [2.75, 3.05) is 13.1 Å². The molecule has 0 fully saturated rings. The van der Waals surface area contributed by atoms with Gasteiger partial charge in [-0.3, -0.25) is 0 Å². The summed E-state index contributed by atoms with van der Waals surface area (Å²) in [5.41, 5.74) is 0.574. The fourth-order valence-electron chi connectivity index (χ4n) is 0.136. The molecular weight excluding hydrogens is 212 g/mol. The largest absolute Gasteiger partial charge is 2.00 e.